The van der Waals surface area contributed by atoms with E-state index in [4.69, 9.17) is 0 Å². The molecular weight excluding hydrogens is 198 g/mol. The molecule has 0 saturated carbocycles. The highest BCUT2D eigenvalue weighted by atomic mass is 14.9. The molecule has 1 N–H and O–H groups in total. The third-order valence-electron chi connectivity index (χ3n) is 3.79. The highest BCUT2D eigenvalue weighted by Crippen LogP contribution is 2.27. The SMILES string of the molecule is CNC(C)C(C)c1ncnc2c1CCCC2. The molecule has 0 fully saturated rings. The van der Waals surface area contributed by atoms with Crippen LogP contribution in [0.15, 0.2) is 6.33 Å². The van der Waals surface area contributed by atoms with Crippen molar-refractivity contribution in [2.45, 2.75) is 51.5 Å². The van der Waals surface area contributed by atoms with Gasteiger partial charge in [-0.3, -0.25) is 0 Å². The zero-order valence-electron chi connectivity index (χ0n) is 10.5. The van der Waals surface area contributed by atoms with Crippen molar-refractivity contribution < 1.29 is 0 Å². The van der Waals surface area contributed by atoms with Crippen molar-refractivity contribution >= 4 is 0 Å². The lowest BCUT2D eigenvalue weighted by Crippen LogP contribution is -2.29. The maximum Gasteiger partial charge on any atom is 0.115 e. The predicted octanol–water partition coefficient (Wildman–Crippen LogP) is 2.07. The molecule has 1 aromatic rings. The second-order valence-electron chi connectivity index (χ2n) is 4.76. The van der Waals surface area contributed by atoms with Gasteiger partial charge in [0, 0.05) is 17.7 Å². The van der Waals surface area contributed by atoms with Crippen LogP contribution in [0.4, 0.5) is 0 Å². The molecular formula is C13H21N3. The van der Waals surface area contributed by atoms with Gasteiger partial charge in [-0.05, 0) is 45.2 Å². The number of hydrogen-bond acceptors (Lipinski definition) is 3. The van der Waals surface area contributed by atoms with Gasteiger partial charge >= 0.3 is 0 Å². The molecule has 2 unspecified atom stereocenters. The van der Waals surface area contributed by atoms with Crippen molar-refractivity contribution in [1.82, 2.24) is 15.3 Å². The molecule has 1 aromatic heterocycles. The molecule has 1 heterocycles. The van der Waals surface area contributed by atoms with Crippen LogP contribution in [0, 0.1) is 0 Å². The molecule has 1 aliphatic carbocycles. The van der Waals surface area contributed by atoms with Crippen LogP contribution in [0.3, 0.4) is 0 Å². The van der Waals surface area contributed by atoms with E-state index in [0.717, 1.165) is 12.8 Å². The van der Waals surface area contributed by atoms with E-state index in [2.05, 4.69) is 29.1 Å². The fraction of sp³-hybridized carbons (Fsp3) is 0.692. The molecule has 1 aliphatic rings. The van der Waals surface area contributed by atoms with Gasteiger partial charge < -0.3 is 5.32 Å². The molecule has 3 nitrogen and oxygen atoms in total. The van der Waals surface area contributed by atoms with Crippen molar-refractivity contribution in [2.75, 3.05) is 7.05 Å². The number of likely N-dealkylation sites (N-methyl/N-ethyl adjacent to an activating group) is 1. The van der Waals surface area contributed by atoms with Crippen LogP contribution in [0.1, 0.15) is 49.6 Å². The van der Waals surface area contributed by atoms with E-state index < -0.39 is 0 Å². The van der Waals surface area contributed by atoms with E-state index in [9.17, 15) is 0 Å². The van der Waals surface area contributed by atoms with Gasteiger partial charge in [0.25, 0.3) is 0 Å². The normalized spacial score (nSPS) is 18.9. The molecule has 16 heavy (non-hydrogen) atoms. The summed E-state index contributed by atoms with van der Waals surface area (Å²) in [7, 11) is 2.01. The Kier molecular flexibility index (Phi) is 3.54. The molecule has 0 aromatic carbocycles. The molecule has 0 spiro atoms. The van der Waals surface area contributed by atoms with E-state index in [0.29, 0.717) is 12.0 Å². The summed E-state index contributed by atoms with van der Waals surface area (Å²) in [5.74, 6) is 0.458. The zero-order valence-corrected chi connectivity index (χ0v) is 10.5. The number of nitrogens with zero attached hydrogens (tertiary/aromatic N) is 2. The Bertz CT molecular complexity index is 362. The largest absolute Gasteiger partial charge is 0.317 e. The third-order valence-corrected chi connectivity index (χ3v) is 3.79. The summed E-state index contributed by atoms with van der Waals surface area (Å²) < 4.78 is 0. The molecule has 0 bridgehead atoms. The highest BCUT2D eigenvalue weighted by molar-refractivity contribution is 5.30. The van der Waals surface area contributed by atoms with E-state index in [1.165, 1.54) is 29.8 Å². The Balaban J connectivity index is 2.33. The average Bonchev–Trinajstić information content (AvgIpc) is 2.36. The van der Waals surface area contributed by atoms with Crippen LogP contribution in [-0.2, 0) is 12.8 Å². The molecule has 0 saturated heterocycles. The molecule has 2 atom stereocenters. The van der Waals surface area contributed by atoms with Crippen LogP contribution >= 0.6 is 0 Å². The van der Waals surface area contributed by atoms with Crippen molar-refractivity contribution in [2.24, 2.45) is 0 Å². The smallest absolute Gasteiger partial charge is 0.115 e. The maximum atomic E-state index is 4.51. The molecule has 0 radical (unpaired) electrons. The van der Waals surface area contributed by atoms with Crippen LogP contribution in [-0.4, -0.2) is 23.1 Å². The van der Waals surface area contributed by atoms with Gasteiger partial charge in [-0.25, -0.2) is 9.97 Å². The quantitative estimate of drug-likeness (QED) is 0.845. The fourth-order valence-corrected chi connectivity index (χ4v) is 2.43. The van der Waals surface area contributed by atoms with E-state index in [1.54, 1.807) is 6.33 Å². The standard InChI is InChI=1S/C13H21N3/c1-9(10(2)14-3)13-11-6-4-5-7-12(11)15-8-16-13/h8-10,14H,4-7H2,1-3H3. The molecule has 88 valence electrons. The van der Waals surface area contributed by atoms with Gasteiger partial charge in [0.05, 0.1) is 5.69 Å². The van der Waals surface area contributed by atoms with Crippen LogP contribution in [0.2, 0.25) is 0 Å². The van der Waals surface area contributed by atoms with Gasteiger partial charge in [-0.2, -0.15) is 0 Å². The lowest BCUT2D eigenvalue weighted by molar-refractivity contribution is 0.504. The Morgan fingerprint density at radius 2 is 1.94 bits per heavy atom. The maximum absolute atomic E-state index is 4.51. The first-order valence-electron chi connectivity index (χ1n) is 6.24. The molecule has 0 amide bonds. The molecule has 2 rings (SSSR count). The first-order chi connectivity index (χ1) is 7.74. The Morgan fingerprint density at radius 1 is 1.19 bits per heavy atom. The number of aryl methyl sites for hydroxylation is 1. The Labute approximate surface area is 97.7 Å². The third kappa shape index (κ3) is 2.09. The van der Waals surface area contributed by atoms with Crippen LogP contribution in [0.5, 0.6) is 0 Å². The van der Waals surface area contributed by atoms with E-state index in [1.807, 2.05) is 7.05 Å². The average molecular weight is 219 g/mol. The van der Waals surface area contributed by atoms with Crippen molar-refractivity contribution in [1.29, 1.82) is 0 Å². The Hall–Kier alpha value is -0.960. The predicted molar refractivity (Wildman–Crippen MR) is 65.6 cm³/mol. The molecule has 3 heteroatoms. The molecule has 0 aliphatic heterocycles. The number of aromatic nitrogens is 2. The number of rotatable bonds is 3. The van der Waals surface area contributed by atoms with Crippen LogP contribution in [0.25, 0.3) is 0 Å². The summed E-state index contributed by atoms with van der Waals surface area (Å²) in [6.45, 7) is 4.46. The van der Waals surface area contributed by atoms with E-state index >= 15 is 0 Å². The van der Waals surface area contributed by atoms with Crippen molar-refractivity contribution in [3.05, 3.63) is 23.3 Å². The lowest BCUT2D eigenvalue weighted by atomic mass is 9.88. The summed E-state index contributed by atoms with van der Waals surface area (Å²) in [4.78, 5) is 8.93. The minimum Gasteiger partial charge on any atom is -0.317 e. The summed E-state index contributed by atoms with van der Waals surface area (Å²) in [5, 5.41) is 3.31. The summed E-state index contributed by atoms with van der Waals surface area (Å²) in [6, 6.07) is 0.459. The fourth-order valence-electron chi connectivity index (χ4n) is 2.43. The van der Waals surface area contributed by atoms with Gasteiger partial charge in [0.2, 0.25) is 0 Å². The zero-order chi connectivity index (χ0) is 11.5. The Morgan fingerprint density at radius 3 is 2.69 bits per heavy atom. The summed E-state index contributed by atoms with van der Waals surface area (Å²) >= 11 is 0. The van der Waals surface area contributed by atoms with Gasteiger partial charge in [0.15, 0.2) is 0 Å². The van der Waals surface area contributed by atoms with Crippen molar-refractivity contribution in [3.8, 4) is 0 Å². The van der Waals surface area contributed by atoms with Crippen molar-refractivity contribution in [3.63, 3.8) is 0 Å². The number of nitrogens with one attached hydrogen (secondary N) is 1. The van der Waals surface area contributed by atoms with Gasteiger partial charge in [0.1, 0.15) is 6.33 Å². The number of fused-ring (bicyclic) bond motifs is 1. The highest BCUT2D eigenvalue weighted by Gasteiger charge is 2.21. The number of hydrogen-bond donors (Lipinski definition) is 1. The van der Waals surface area contributed by atoms with Gasteiger partial charge in [-0.1, -0.05) is 6.92 Å². The van der Waals surface area contributed by atoms with E-state index in [-0.39, 0.29) is 0 Å². The minimum absolute atomic E-state index is 0.458. The monoisotopic (exact) mass is 219 g/mol. The summed E-state index contributed by atoms with van der Waals surface area (Å²) in [6.07, 6.45) is 6.59. The second kappa shape index (κ2) is 4.91. The topological polar surface area (TPSA) is 37.8 Å². The van der Waals surface area contributed by atoms with Crippen LogP contribution < -0.4 is 5.32 Å². The van der Waals surface area contributed by atoms with Gasteiger partial charge in [-0.15, -0.1) is 0 Å². The minimum atomic E-state index is 0.458. The lowest BCUT2D eigenvalue weighted by Gasteiger charge is -2.24. The second-order valence-corrected chi connectivity index (χ2v) is 4.76. The first kappa shape index (κ1) is 11.5. The summed E-state index contributed by atoms with van der Waals surface area (Å²) in [5.41, 5.74) is 3.96. The first-order valence-corrected chi connectivity index (χ1v) is 6.24.